The lowest BCUT2D eigenvalue weighted by Gasteiger charge is -2.21. The second-order valence-corrected chi connectivity index (χ2v) is 6.90. The number of rotatable bonds is 5. The smallest absolute Gasteiger partial charge is 0.240 e. The summed E-state index contributed by atoms with van der Waals surface area (Å²) in [6.45, 7) is 0. The van der Waals surface area contributed by atoms with Crippen LogP contribution in [0.5, 0.6) is 5.75 Å². The first kappa shape index (κ1) is 16.8. The molecule has 2 aliphatic rings. The fourth-order valence-electron chi connectivity index (χ4n) is 3.42. The van der Waals surface area contributed by atoms with Crippen LogP contribution in [0, 0.1) is 5.41 Å². The van der Waals surface area contributed by atoms with Crippen molar-refractivity contribution in [3.05, 3.63) is 24.3 Å². The number of nitrogens with one attached hydrogen (secondary N) is 2. The van der Waals surface area contributed by atoms with Crippen LogP contribution < -0.4 is 15.4 Å². The third-order valence-corrected chi connectivity index (χ3v) is 5.16. The van der Waals surface area contributed by atoms with Gasteiger partial charge >= 0.3 is 0 Å². The van der Waals surface area contributed by atoms with Crippen molar-refractivity contribution in [2.24, 2.45) is 5.41 Å². The van der Waals surface area contributed by atoms with Crippen LogP contribution in [0.15, 0.2) is 24.3 Å². The van der Waals surface area contributed by atoms with Gasteiger partial charge < -0.3 is 15.4 Å². The minimum absolute atomic E-state index is 0.109. The van der Waals surface area contributed by atoms with Crippen molar-refractivity contribution in [3.63, 3.8) is 0 Å². The highest BCUT2D eigenvalue weighted by atomic mass is 16.5. The van der Waals surface area contributed by atoms with Gasteiger partial charge in [-0.05, 0) is 37.8 Å². The lowest BCUT2D eigenvalue weighted by molar-refractivity contribution is -0.134. The van der Waals surface area contributed by atoms with E-state index in [-0.39, 0.29) is 17.9 Å². The zero-order valence-corrected chi connectivity index (χ0v) is 14.3. The lowest BCUT2D eigenvalue weighted by atomic mass is 10.0. The van der Waals surface area contributed by atoms with E-state index < -0.39 is 5.41 Å². The van der Waals surface area contributed by atoms with Gasteiger partial charge in [-0.15, -0.1) is 0 Å². The van der Waals surface area contributed by atoms with E-state index in [1.54, 1.807) is 19.2 Å². The van der Waals surface area contributed by atoms with Crippen molar-refractivity contribution in [1.82, 2.24) is 5.32 Å². The van der Waals surface area contributed by atoms with Crippen LogP contribution in [0.25, 0.3) is 0 Å². The zero-order valence-electron chi connectivity index (χ0n) is 14.3. The molecule has 0 bridgehead atoms. The molecule has 1 aromatic rings. The van der Waals surface area contributed by atoms with E-state index in [0.29, 0.717) is 24.3 Å². The minimum atomic E-state index is -0.896. The summed E-state index contributed by atoms with van der Waals surface area (Å²) in [6.07, 6.45) is 8.08. The van der Waals surface area contributed by atoms with Gasteiger partial charge in [-0.2, -0.15) is 0 Å². The van der Waals surface area contributed by atoms with E-state index >= 15 is 0 Å². The Kier molecular flexibility index (Phi) is 5.07. The van der Waals surface area contributed by atoms with Crippen LogP contribution in [0.3, 0.4) is 0 Å². The molecule has 2 fully saturated rings. The van der Waals surface area contributed by atoms with Gasteiger partial charge in [0.05, 0.1) is 12.8 Å². The molecule has 0 saturated heterocycles. The van der Waals surface area contributed by atoms with Crippen molar-refractivity contribution < 1.29 is 14.3 Å². The number of ether oxygens (including phenoxy) is 1. The van der Waals surface area contributed by atoms with E-state index in [9.17, 15) is 9.59 Å². The van der Waals surface area contributed by atoms with E-state index in [1.165, 1.54) is 12.8 Å². The summed E-state index contributed by atoms with van der Waals surface area (Å²) in [6, 6.07) is 7.48. The van der Waals surface area contributed by atoms with Gasteiger partial charge in [0, 0.05) is 6.04 Å². The zero-order chi connectivity index (χ0) is 17.0. The second kappa shape index (κ2) is 7.24. The Morgan fingerprint density at radius 3 is 2.33 bits per heavy atom. The summed E-state index contributed by atoms with van der Waals surface area (Å²) < 4.78 is 5.26. The first-order chi connectivity index (χ1) is 11.7. The molecule has 5 nitrogen and oxygen atoms in total. The highest BCUT2D eigenvalue weighted by Crippen LogP contribution is 2.47. The number of hydrogen-bond acceptors (Lipinski definition) is 3. The van der Waals surface area contributed by atoms with Crippen molar-refractivity contribution in [2.45, 2.75) is 57.4 Å². The normalized spacial score (nSPS) is 19.9. The van der Waals surface area contributed by atoms with Crippen molar-refractivity contribution in [3.8, 4) is 5.75 Å². The fourth-order valence-corrected chi connectivity index (χ4v) is 3.42. The maximum absolute atomic E-state index is 12.7. The average Bonchev–Trinajstić information content (AvgIpc) is 3.41. The number of methoxy groups -OCH3 is 1. The predicted octanol–water partition coefficient (Wildman–Crippen LogP) is 3.25. The highest BCUT2D eigenvalue weighted by Gasteiger charge is 2.56. The molecule has 0 spiro atoms. The van der Waals surface area contributed by atoms with Crippen LogP contribution in [0.2, 0.25) is 0 Å². The molecule has 24 heavy (non-hydrogen) atoms. The Hall–Kier alpha value is -2.04. The molecule has 5 heteroatoms. The Bertz CT molecular complexity index is 602. The summed E-state index contributed by atoms with van der Waals surface area (Å²) in [5.41, 5.74) is -0.286. The maximum atomic E-state index is 12.7. The lowest BCUT2D eigenvalue weighted by Crippen LogP contribution is -2.44. The van der Waals surface area contributed by atoms with Gasteiger partial charge in [-0.3, -0.25) is 9.59 Å². The standard InChI is InChI=1S/C19H26N2O3/c1-24-16-11-7-6-10-15(16)21-18(23)19(12-13-19)17(22)20-14-8-4-2-3-5-9-14/h6-7,10-11,14H,2-5,8-9,12-13H2,1H3,(H,20,22)(H,21,23). The molecule has 130 valence electrons. The molecule has 2 aliphatic carbocycles. The highest BCUT2D eigenvalue weighted by molar-refractivity contribution is 6.13. The summed E-state index contributed by atoms with van der Waals surface area (Å²) in [4.78, 5) is 25.4. The van der Waals surface area contributed by atoms with Gasteiger partial charge in [0.1, 0.15) is 11.2 Å². The molecule has 0 aromatic heterocycles. The molecule has 0 aliphatic heterocycles. The topological polar surface area (TPSA) is 67.4 Å². The van der Waals surface area contributed by atoms with E-state index in [4.69, 9.17) is 4.74 Å². The molecule has 2 amide bonds. The molecular weight excluding hydrogens is 304 g/mol. The summed E-state index contributed by atoms with van der Waals surface area (Å²) in [7, 11) is 1.57. The minimum Gasteiger partial charge on any atom is -0.495 e. The molecule has 2 saturated carbocycles. The Morgan fingerprint density at radius 2 is 1.71 bits per heavy atom. The predicted molar refractivity (Wildman–Crippen MR) is 92.9 cm³/mol. The van der Waals surface area contributed by atoms with Crippen LogP contribution in [-0.2, 0) is 9.59 Å². The maximum Gasteiger partial charge on any atom is 0.240 e. The van der Waals surface area contributed by atoms with Crippen LogP contribution in [0.4, 0.5) is 5.69 Å². The molecule has 0 unspecified atom stereocenters. The first-order valence-corrected chi connectivity index (χ1v) is 8.91. The van der Waals surface area contributed by atoms with E-state index in [0.717, 1.165) is 25.7 Å². The fraction of sp³-hybridized carbons (Fsp3) is 0.579. The van der Waals surface area contributed by atoms with Crippen molar-refractivity contribution in [2.75, 3.05) is 12.4 Å². The third-order valence-electron chi connectivity index (χ3n) is 5.16. The molecule has 0 radical (unpaired) electrons. The van der Waals surface area contributed by atoms with Gasteiger partial charge in [0.2, 0.25) is 11.8 Å². The van der Waals surface area contributed by atoms with Crippen molar-refractivity contribution in [1.29, 1.82) is 0 Å². The summed E-state index contributed by atoms with van der Waals surface area (Å²) in [5, 5.41) is 6.00. The van der Waals surface area contributed by atoms with E-state index in [1.807, 2.05) is 12.1 Å². The first-order valence-electron chi connectivity index (χ1n) is 8.91. The van der Waals surface area contributed by atoms with Gasteiger partial charge in [-0.1, -0.05) is 37.8 Å². The Labute approximate surface area is 143 Å². The van der Waals surface area contributed by atoms with Gasteiger partial charge in [0.15, 0.2) is 0 Å². The van der Waals surface area contributed by atoms with Crippen LogP contribution >= 0.6 is 0 Å². The Balaban J connectivity index is 1.64. The number of para-hydroxylation sites is 2. The molecule has 3 rings (SSSR count). The number of carbonyl (C=O) groups is 2. The molecular formula is C19H26N2O3. The SMILES string of the molecule is COc1ccccc1NC(=O)C1(C(=O)NC2CCCCCC2)CC1. The molecule has 0 heterocycles. The van der Waals surface area contributed by atoms with Gasteiger partial charge in [-0.25, -0.2) is 0 Å². The monoisotopic (exact) mass is 330 g/mol. The number of anilines is 1. The number of amides is 2. The molecule has 2 N–H and O–H groups in total. The quantitative estimate of drug-likeness (QED) is 0.643. The van der Waals surface area contributed by atoms with Crippen molar-refractivity contribution >= 4 is 17.5 Å². The van der Waals surface area contributed by atoms with E-state index in [2.05, 4.69) is 10.6 Å². The largest absolute Gasteiger partial charge is 0.495 e. The molecule has 1 aromatic carbocycles. The third kappa shape index (κ3) is 3.55. The number of hydrogen-bond donors (Lipinski definition) is 2. The number of carbonyl (C=O) groups excluding carboxylic acids is 2. The summed E-state index contributed by atoms with van der Waals surface area (Å²) in [5.74, 6) is 0.269. The number of benzene rings is 1. The average molecular weight is 330 g/mol. The second-order valence-electron chi connectivity index (χ2n) is 6.90. The van der Waals surface area contributed by atoms with Crippen LogP contribution in [-0.4, -0.2) is 25.0 Å². The molecule has 0 atom stereocenters. The Morgan fingerprint density at radius 1 is 1.04 bits per heavy atom. The van der Waals surface area contributed by atoms with Gasteiger partial charge in [0.25, 0.3) is 0 Å². The summed E-state index contributed by atoms with van der Waals surface area (Å²) >= 11 is 0. The van der Waals surface area contributed by atoms with Crippen LogP contribution in [0.1, 0.15) is 51.4 Å².